The van der Waals surface area contributed by atoms with E-state index in [0.29, 0.717) is 10.2 Å². The third kappa shape index (κ3) is 7.80. The minimum Gasteiger partial charge on any atom is -0.352 e. The van der Waals surface area contributed by atoms with E-state index >= 15 is 0 Å². The maximum Gasteiger partial charge on any atom is 0.244 e. The molecule has 0 radical (unpaired) electrons. The highest BCUT2D eigenvalue weighted by molar-refractivity contribution is 9.10. The Bertz CT molecular complexity index is 1130. The zero-order valence-corrected chi connectivity index (χ0v) is 22.9. The standard InChI is InChI=1S/C26H34BrN3O4S/c1-19-12-14-21(15-13-19)17-29(20(2)26(32)28-23-9-5-4-6-10-23)25(31)18-30(35(3,33)34)24-11-7-8-22(27)16-24/h7-8,11-16,20,23H,4-6,9-10,17-18H2,1-3H3,(H,28,32)/t20-/m0/s1. The molecule has 0 saturated heterocycles. The fourth-order valence-corrected chi connectivity index (χ4v) is 5.52. The van der Waals surface area contributed by atoms with Gasteiger partial charge in [-0.05, 0) is 50.5 Å². The van der Waals surface area contributed by atoms with E-state index in [-0.39, 0.29) is 18.5 Å². The van der Waals surface area contributed by atoms with Gasteiger partial charge in [-0.25, -0.2) is 8.42 Å². The van der Waals surface area contributed by atoms with Crippen LogP contribution in [0.25, 0.3) is 0 Å². The van der Waals surface area contributed by atoms with Crippen LogP contribution in [0.2, 0.25) is 0 Å². The summed E-state index contributed by atoms with van der Waals surface area (Å²) in [6, 6.07) is 13.9. The molecule has 2 amide bonds. The van der Waals surface area contributed by atoms with Gasteiger partial charge in [-0.15, -0.1) is 0 Å². The van der Waals surface area contributed by atoms with Gasteiger partial charge in [0.25, 0.3) is 0 Å². The fraction of sp³-hybridized carbons (Fsp3) is 0.462. The van der Waals surface area contributed by atoms with Crippen LogP contribution in [-0.2, 0) is 26.2 Å². The normalized spacial score (nSPS) is 15.3. The maximum absolute atomic E-state index is 13.6. The van der Waals surface area contributed by atoms with Crippen molar-refractivity contribution < 1.29 is 18.0 Å². The first-order chi connectivity index (χ1) is 16.5. The van der Waals surface area contributed by atoms with E-state index in [0.717, 1.165) is 47.4 Å². The summed E-state index contributed by atoms with van der Waals surface area (Å²) in [5.74, 6) is -0.659. The fourth-order valence-electron chi connectivity index (χ4n) is 4.29. The number of halogens is 1. The third-order valence-corrected chi connectivity index (χ3v) is 8.00. The molecule has 0 bridgehead atoms. The van der Waals surface area contributed by atoms with E-state index in [1.807, 2.05) is 31.2 Å². The predicted molar refractivity (Wildman–Crippen MR) is 143 cm³/mol. The highest BCUT2D eigenvalue weighted by Gasteiger charge is 2.31. The maximum atomic E-state index is 13.6. The topological polar surface area (TPSA) is 86.8 Å². The monoisotopic (exact) mass is 563 g/mol. The summed E-state index contributed by atoms with van der Waals surface area (Å²) in [5, 5.41) is 3.10. The summed E-state index contributed by atoms with van der Waals surface area (Å²) >= 11 is 3.36. The van der Waals surface area contributed by atoms with Gasteiger partial charge in [0.1, 0.15) is 12.6 Å². The summed E-state index contributed by atoms with van der Waals surface area (Å²) in [6.07, 6.45) is 6.30. The SMILES string of the molecule is Cc1ccc(CN(C(=O)CN(c2cccc(Br)c2)S(C)(=O)=O)[C@@H](C)C(=O)NC2CCCCC2)cc1. The molecule has 1 N–H and O–H groups in total. The zero-order valence-electron chi connectivity index (χ0n) is 20.5. The van der Waals surface area contributed by atoms with E-state index in [9.17, 15) is 18.0 Å². The van der Waals surface area contributed by atoms with Gasteiger partial charge in [-0.2, -0.15) is 0 Å². The Kier molecular flexibility index (Phi) is 9.35. The predicted octanol–water partition coefficient (Wildman–Crippen LogP) is 4.39. The summed E-state index contributed by atoms with van der Waals surface area (Å²) in [4.78, 5) is 28.2. The number of hydrogen-bond donors (Lipinski definition) is 1. The van der Waals surface area contributed by atoms with Crippen LogP contribution in [0.5, 0.6) is 0 Å². The lowest BCUT2D eigenvalue weighted by atomic mass is 9.95. The number of anilines is 1. The average Bonchev–Trinajstić information content (AvgIpc) is 2.81. The number of aryl methyl sites for hydroxylation is 1. The first-order valence-corrected chi connectivity index (χ1v) is 14.6. The van der Waals surface area contributed by atoms with Gasteiger partial charge in [0.15, 0.2) is 0 Å². The first-order valence-electron chi connectivity index (χ1n) is 11.9. The van der Waals surface area contributed by atoms with Gasteiger partial charge in [-0.1, -0.05) is 71.1 Å². The number of nitrogens with zero attached hydrogens (tertiary/aromatic N) is 2. The van der Waals surface area contributed by atoms with Gasteiger partial charge in [0.05, 0.1) is 11.9 Å². The zero-order chi connectivity index (χ0) is 25.6. The Morgan fingerprint density at radius 2 is 1.74 bits per heavy atom. The average molecular weight is 565 g/mol. The molecule has 1 aliphatic rings. The number of nitrogens with one attached hydrogen (secondary N) is 1. The minimum absolute atomic E-state index is 0.115. The molecule has 1 fully saturated rings. The Hall–Kier alpha value is -2.39. The molecule has 0 spiro atoms. The first kappa shape index (κ1) is 27.2. The number of hydrogen-bond acceptors (Lipinski definition) is 4. The van der Waals surface area contributed by atoms with Gasteiger partial charge in [-0.3, -0.25) is 13.9 Å². The van der Waals surface area contributed by atoms with Crippen LogP contribution in [0.15, 0.2) is 53.0 Å². The van der Waals surface area contributed by atoms with Crippen LogP contribution in [0.1, 0.15) is 50.2 Å². The largest absolute Gasteiger partial charge is 0.352 e. The van der Waals surface area contributed by atoms with Crippen LogP contribution in [0.3, 0.4) is 0 Å². The van der Waals surface area contributed by atoms with Gasteiger partial charge in [0, 0.05) is 17.1 Å². The van der Waals surface area contributed by atoms with Crippen molar-refractivity contribution in [3.05, 3.63) is 64.1 Å². The van der Waals surface area contributed by atoms with Crippen LogP contribution in [-0.4, -0.2) is 50.0 Å². The second kappa shape index (κ2) is 12.0. The minimum atomic E-state index is -3.75. The number of amides is 2. The third-order valence-electron chi connectivity index (χ3n) is 6.37. The van der Waals surface area contributed by atoms with Crippen molar-refractivity contribution >= 4 is 43.5 Å². The summed E-state index contributed by atoms with van der Waals surface area (Å²) in [7, 11) is -3.75. The molecule has 0 unspecified atom stereocenters. The Morgan fingerprint density at radius 1 is 1.09 bits per heavy atom. The molecule has 2 aromatic carbocycles. The van der Waals surface area contributed by atoms with Crippen LogP contribution in [0, 0.1) is 6.92 Å². The lowest BCUT2D eigenvalue weighted by Gasteiger charge is -2.33. The Morgan fingerprint density at radius 3 is 2.34 bits per heavy atom. The molecule has 3 rings (SSSR count). The number of rotatable bonds is 9. The lowest BCUT2D eigenvalue weighted by molar-refractivity contribution is -0.139. The summed E-state index contributed by atoms with van der Waals surface area (Å²) in [6.45, 7) is 3.49. The van der Waals surface area contributed by atoms with Crippen molar-refractivity contribution in [2.75, 3.05) is 17.1 Å². The van der Waals surface area contributed by atoms with Crippen molar-refractivity contribution in [2.24, 2.45) is 0 Å². The van der Waals surface area contributed by atoms with Crippen molar-refractivity contribution in [3.63, 3.8) is 0 Å². The molecular weight excluding hydrogens is 530 g/mol. The molecule has 1 saturated carbocycles. The Labute approximate surface area is 217 Å². The molecular formula is C26H34BrN3O4S. The van der Waals surface area contributed by atoms with Crippen molar-refractivity contribution in [2.45, 2.75) is 64.6 Å². The van der Waals surface area contributed by atoms with Crippen molar-refractivity contribution in [3.8, 4) is 0 Å². The molecule has 9 heteroatoms. The van der Waals surface area contributed by atoms with E-state index < -0.39 is 28.5 Å². The highest BCUT2D eigenvalue weighted by Crippen LogP contribution is 2.23. The second-order valence-electron chi connectivity index (χ2n) is 9.28. The lowest BCUT2D eigenvalue weighted by Crippen LogP contribution is -2.52. The smallest absolute Gasteiger partial charge is 0.244 e. The second-order valence-corrected chi connectivity index (χ2v) is 12.1. The summed E-state index contributed by atoms with van der Waals surface area (Å²) in [5.41, 5.74) is 2.34. The van der Waals surface area contributed by atoms with E-state index in [2.05, 4.69) is 21.2 Å². The molecule has 1 aliphatic carbocycles. The van der Waals surface area contributed by atoms with E-state index in [1.54, 1.807) is 31.2 Å². The molecule has 0 aromatic heterocycles. The van der Waals surface area contributed by atoms with Crippen LogP contribution >= 0.6 is 15.9 Å². The van der Waals surface area contributed by atoms with Crippen LogP contribution in [0.4, 0.5) is 5.69 Å². The van der Waals surface area contributed by atoms with Crippen molar-refractivity contribution in [1.82, 2.24) is 10.2 Å². The van der Waals surface area contributed by atoms with Gasteiger partial charge in [0.2, 0.25) is 21.8 Å². The van der Waals surface area contributed by atoms with Crippen molar-refractivity contribution in [1.29, 1.82) is 0 Å². The molecule has 1 atom stereocenters. The highest BCUT2D eigenvalue weighted by atomic mass is 79.9. The molecule has 35 heavy (non-hydrogen) atoms. The molecule has 190 valence electrons. The number of carbonyl (C=O) groups is 2. The van der Waals surface area contributed by atoms with E-state index in [1.165, 1.54) is 11.3 Å². The molecule has 0 heterocycles. The molecule has 7 nitrogen and oxygen atoms in total. The van der Waals surface area contributed by atoms with Crippen LogP contribution < -0.4 is 9.62 Å². The van der Waals surface area contributed by atoms with Gasteiger partial charge < -0.3 is 10.2 Å². The number of benzene rings is 2. The number of carbonyl (C=O) groups excluding carboxylic acids is 2. The quantitative estimate of drug-likeness (QED) is 0.490. The number of sulfonamides is 1. The molecule has 0 aliphatic heterocycles. The molecule has 2 aromatic rings. The van der Waals surface area contributed by atoms with Gasteiger partial charge >= 0.3 is 0 Å². The van der Waals surface area contributed by atoms with E-state index in [4.69, 9.17) is 0 Å². The summed E-state index contributed by atoms with van der Waals surface area (Å²) < 4.78 is 27.0. The Balaban J connectivity index is 1.86.